The first-order chi connectivity index (χ1) is 15.4. The molecule has 0 bridgehead atoms. The van der Waals surface area contributed by atoms with E-state index in [1.807, 2.05) is 32.0 Å². The molecule has 166 valence electrons. The summed E-state index contributed by atoms with van der Waals surface area (Å²) in [4.78, 5) is 54.0. The fourth-order valence-electron chi connectivity index (χ4n) is 4.27. The maximum absolute atomic E-state index is 13.0. The van der Waals surface area contributed by atoms with Crippen molar-refractivity contribution < 1.29 is 23.9 Å². The summed E-state index contributed by atoms with van der Waals surface area (Å²) in [6.45, 7) is 4.41. The molecule has 2 aromatic rings. The first-order valence-electron chi connectivity index (χ1n) is 10.8. The van der Waals surface area contributed by atoms with Gasteiger partial charge in [0.25, 0.3) is 17.7 Å². The van der Waals surface area contributed by atoms with Crippen molar-refractivity contribution in [1.82, 2.24) is 9.80 Å². The zero-order chi connectivity index (χ0) is 22.8. The van der Waals surface area contributed by atoms with Gasteiger partial charge in [0.15, 0.2) is 6.61 Å². The van der Waals surface area contributed by atoms with E-state index >= 15 is 0 Å². The molecule has 2 aliphatic rings. The molecule has 2 heterocycles. The van der Waals surface area contributed by atoms with Gasteiger partial charge in [-0.15, -0.1) is 0 Å². The number of amides is 3. The highest BCUT2D eigenvalue weighted by Gasteiger charge is 2.43. The SMILES string of the molecule is CC(C)CC(C(=O)OCC(=O)N1CCc2ccccc2C1)N1C(=O)c2ccccc2C1=O. The van der Waals surface area contributed by atoms with Gasteiger partial charge in [0.2, 0.25) is 0 Å². The molecule has 1 atom stereocenters. The van der Waals surface area contributed by atoms with E-state index in [-0.39, 0.29) is 29.4 Å². The van der Waals surface area contributed by atoms with Crippen LogP contribution in [-0.2, 0) is 27.3 Å². The van der Waals surface area contributed by atoms with Gasteiger partial charge in [-0.25, -0.2) is 4.79 Å². The average Bonchev–Trinajstić information content (AvgIpc) is 3.05. The number of carbonyl (C=O) groups is 4. The van der Waals surface area contributed by atoms with Crippen molar-refractivity contribution >= 4 is 23.7 Å². The van der Waals surface area contributed by atoms with E-state index in [0.717, 1.165) is 16.9 Å². The second-order valence-corrected chi connectivity index (χ2v) is 8.61. The molecule has 0 radical (unpaired) electrons. The number of ether oxygens (including phenoxy) is 1. The highest BCUT2D eigenvalue weighted by atomic mass is 16.5. The second-order valence-electron chi connectivity index (χ2n) is 8.61. The van der Waals surface area contributed by atoms with Crippen molar-refractivity contribution in [2.45, 2.75) is 39.3 Å². The van der Waals surface area contributed by atoms with Gasteiger partial charge < -0.3 is 9.64 Å². The van der Waals surface area contributed by atoms with Crippen LogP contribution < -0.4 is 0 Å². The van der Waals surface area contributed by atoms with Crippen LogP contribution in [0.5, 0.6) is 0 Å². The summed E-state index contributed by atoms with van der Waals surface area (Å²) in [7, 11) is 0. The molecule has 7 heteroatoms. The van der Waals surface area contributed by atoms with Crippen LogP contribution in [0, 0.1) is 5.92 Å². The Morgan fingerprint density at radius 1 is 0.938 bits per heavy atom. The monoisotopic (exact) mass is 434 g/mol. The topological polar surface area (TPSA) is 84.0 Å². The van der Waals surface area contributed by atoms with Crippen molar-refractivity contribution in [3.05, 3.63) is 70.8 Å². The Hall–Kier alpha value is -3.48. The van der Waals surface area contributed by atoms with Crippen molar-refractivity contribution in [3.63, 3.8) is 0 Å². The minimum atomic E-state index is -1.07. The zero-order valence-corrected chi connectivity index (χ0v) is 18.2. The lowest BCUT2D eigenvalue weighted by Crippen LogP contribution is -2.47. The predicted octanol–water partition coefficient (Wildman–Crippen LogP) is 2.83. The van der Waals surface area contributed by atoms with E-state index in [9.17, 15) is 19.2 Å². The van der Waals surface area contributed by atoms with Gasteiger partial charge in [-0.1, -0.05) is 50.2 Å². The first kappa shape index (κ1) is 21.7. The molecule has 7 nitrogen and oxygen atoms in total. The van der Waals surface area contributed by atoms with Gasteiger partial charge >= 0.3 is 5.97 Å². The smallest absolute Gasteiger partial charge is 0.329 e. The van der Waals surface area contributed by atoms with Gasteiger partial charge in [0.05, 0.1) is 11.1 Å². The fourth-order valence-corrected chi connectivity index (χ4v) is 4.27. The van der Waals surface area contributed by atoms with Gasteiger partial charge in [-0.2, -0.15) is 0 Å². The quantitative estimate of drug-likeness (QED) is 0.516. The van der Waals surface area contributed by atoms with Gasteiger partial charge in [0.1, 0.15) is 6.04 Å². The van der Waals surface area contributed by atoms with E-state index in [1.54, 1.807) is 29.2 Å². The predicted molar refractivity (Wildman–Crippen MR) is 117 cm³/mol. The molecule has 3 amide bonds. The first-order valence-corrected chi connectivity index (χ1v) is 10.8. The molecule has 2 aliphatic heterocycles. The van der Waals surface area contributed by atoms with Crippen molar-refractivity contribution in [2.75, 3.05) is 13.2 Å². The standard InChI is InChI=1S/C25H26N2O5/c1-16(2)13-21(27-23(29)19-9-5-6-10-20(19)24(27)30)25(31)32-15-22(28)26-12-11-17-7-3-4-8-18(17)14-26/h3-10,16,21H,11-15H2,1-2H3. The lowest BCUT2D eigenvalue weighted by atomic mass is 10.00. The van der Waals surface area contributed by atoms with E-state index in [2.05, 4.69) is 6.07 Å². The lowest BCUT2D eigenvalue weighted by Gasteiger charge is -2.29. The number of hydrogen-bond acceptors (Lipinski definition) is 5. The highest BCUT2D eigenvalue weighted by Crippen LogP contribution is 2.27. The fraction of sp³-hybridized carbons (Fsp3) is 0.360. The third-order valence-corrected chi connectivity index (χ3v) is 5.93. The molecule has 32 heavy (non-hydrogen) atoms. The number of hydrogen-bond donors (Lipinski definition) is 0. The Labute approximate surface area is 187 Å². The molecule has 0 spiro atoms. The Bertz CT molecular complexity index is 1040. The molecule has 0 saturated carbocycles. The van der Waals surface area contributed by atoms with Crippen molar-refractivity contribution in [2.24, 2.45) is 5.92 Å². The summed E-state index contributed by atoms with van der Waals surface area (Å²) in [6.07, 6.45) is 1.01. The summed E-state index contributed by atoms with van der Waals surface area (Å²) in [5, 5.41) is 0. The molecular formula is C25H26N2O5. The molecule has 2 aromatic carbocycles. The number of carbonyl (C=O) groups excluding carboxylic acids is 4. The van der Waals surface area contributed by atoms with Crippen molar-refractivity contribution in [3.8, 4) is 0 Å². The molecule has 1 unspecified atom stereocenters. The number of rotatable bonds is 6. The van der Waals surface area contributed by atoms with Crippen LogP contribution in [0.15, 0.2) is 48.5 Å². The van der Waals surface area contributed by atoms with E-state index in [1.165, 1.54) is 5.56 Å². The van der Waals surface area contributed by atoms with Crippen LogP contribution in [0.1, 0.15) is 52.1 Å². The molecule has 4 rings (SSSR count). The summed E-state index contributed by atoms with van der Waals surface area (Å²) >= 11 is 0. The Morgan fingerprint density at radius 3 is 2.16 bits per heavy atom. The molecule has 0 aliphatic carbocycles. The van der Waals surface area contributed by atoms with Crippen LogP contribution in [-0.4, -0.2) is 52.7 Å². The maximum atomic E-state index is 13.0. The Balaban J connectivity index is 1.44. The summed E-state index contributed by atoms with van der Waals surface area (Å²) in [6, 6.07) is 13.4. The highest BCUT2D eigenvalue weighted by molar-refractivity contribution is 6.22. The average molecular weight is 434 g/mol. The molecular weight excluding hydrogens is 408 g/mol. The summed E-state index contributed by atoms with van der Waals surface area (Å²) in [5.74, 6) is -2.01. The summed E-state index contributed by atoms with van der Waals surface area (Å²) in [5.41, 5.74) is 2.86. The Kier molecular flexibility index (Phi) is 6.08. The van der Waals surface area contributed by atoms with Crippen LogP contribution in [0.4, 0.5) is 0 Å². The van der Waals surface area contributed by atoms with Gasteiger partial charge in [0, 0.05) is 13.1 Å². The van der Waals surface area contributed by atoms with Gasteiger partial charge in [-0.3, -0.25) is 19.3 Å². The second kappa shape index (κ2) is 8.94. The van der Waals surface area contributed by atoms with E-state index in [4.69, 9.17) is 4.74 Å². The number of esters is 1. The molecule has 0 saturated heterocycles. The van der Waals surface area contributed by atoms with Crippen LogP contribution >= 0.6 is 0 Å². The lowest BCUT2D eigenvalue weighted by molar-refractivity contribution is -0.156. The molecule has 0 N–H and O–H groups in total. The van der Waals surface area contributed by atoms with Crippen molar-refractivity contribution in [1.29, 1.82) is 0 Å². The number of nitrogens with zero attached hydrogens (tertiary/aromatic N) is 2. The van der Waals surface area contributed by atoms with E-state index in [0.29, 0.717) is 13.1 Å². The largest absolute Gasteiger partial charge is 0.454 e. The normalized spacial score (nSPS) is 16.1. The third kappa shape index (κ3) is 4.15. The minimum Gasteiger partial charge on any atom is -0.454 e. The number of imide groups is 1. The molecule has 0 fully saturated rings. The Morgan fingerprint density at radius 2 is 1.53 bits per heavy atom. The number of benzene rings is 2. The van der Waals surface area contributed by atoms with Crippen LogP contribution in [0.25, 0.3) is 0 Å². The molecule has 0 aromatic heterocycles. The van der Waals surface area contributed by atoms with Gasteiger partial charge in [-0.05, 0) is 42.0 Å². The minimum absolute atomic E-state index is 0.0335. The maximum Gasteiger partial charge on any atom is 0.329 e. The van der Waals surface area contributed by atoms with E-state index < -0.39 is 30.4 Å². The zero-order valence-electron chi connectivity index (χ0n) is 18.2. The van der Waals surface area contributed by atoms with Crippen LogP contribution in [0.2, 0.25) is 0 Å². The third-order valence-electron chi connectivity index (χ3n) is 5.93. The summed E-state index contributed by atoms with van der Waals surface area (Å²) < 4.78 is 5.34. The number of fused-ring (bicyclic) bond motifs is 2. The van der Waals surface area contributed by atoms with Crippen LogP contribution in [0.3, 0.4) is 0 Å².